The molecule has 1 aromatic rings. The summed E-state index contributed by atoms with van der Waals surface area (Å²) in [6.45, 7) is 12.5. The molecule has 1 rings (SSSR count). The summed E-state index contributed by atoms with van der Waals surface area (Å²) < 4.78 is 5.58. The fourth-order valence-corrected chi connectivity index (χ4v) is 1.33. The fraction of sp³-hybridized carbons (Fsp3) is 0.467. The molecule has 0 unspecified atom stereocenters. The van der Waals surface area contributed by atoms with Gasteiger partial charge in [-0.15, -0.1) is 6.58 Å². The van der Waals surface area contributed by atoms with Crippen molar-refractivity contribution in [2.24, 2.45) is 0 Å². The van der Waals surface area contributed by atoms with Crippen molar-refractivity contribution in [2.75, 3.05) is 6.61 Å². The van der Waals surface area contributed by atoms with E-state index >= 15 is 0 Å². The van der Waals surface area contributed by atoms with Crippen LogP contribution in [0.2, 0.25) is 0 Å². The zero-order valence-electron chi connectivity index (χ0n) is 11.0. The summed E-state index contributed by atoms with van der Waals surface area (Å²) in [5.41, 5.74) is 2.64. The van der Waals surface area contributed by atoms with E-state index in [2.05, 4.69) is 45.5 Å². The highest BCUT2D eigenvalue weighted by atomic mass is 16.5. The first kappa shape index (κ1) is 14.8. The molecule has 0 aliphatic carbocycles. The number of ether oxygens (including phenoxy) is 1. The Hall–Kier alpha value is -1.24. The van der Waals surface area contributed by atoms with E-state index in [0.29, 0.717) is 0 Å². The monoisotopic (exact) mass is 220 g/mol. The Labute approximate surface area is 100 Å². The molecular weight excluding hydrogens is 196 g/mol. The maximum Gasteiger partial charge on any atom is 0.119 e. The molecule has 0 atom stereocenters. The topological polar surface area (TPSA) is 9.23 Å². The van der Waals surface area contributed by atoms with Crippen molar-refractivity contribution >= 4 is 0 Å². The zero-order chi connectivity index (χ0) is 12.4. The summed E-state index contributed by atoms with van der Waals surface area (Å²) in [6, 6.07) is 6.43. The molecule has 1 nitrogen and oxygen atoms in total. The smallest absolute Gasteiger partial charge is 0.119 e. The van der Waals surface area contributed by atoms with Gasteiger partial charge in [-0.25, -0.2) is 0 Å². The zero-order valence-corrected chi connectivity index (χ0v) is 11.0. The molecule has 0 bridgehead atoms. The Morgan fingerprint density at radius 3 is 2.38 bits per heavy atom. The molecule has 90 valence electrons. The van der Waals surface area contributed by atoms with Crippen molar-refractivity contribution in [1.82, 2.24) is 0 Å². The van der Waals surface area contributed by atoms with Crippen LogP contribution in [0.4, 0.5) is 0 Å². The lowest BCUT2D eigenvalue weighted by Crippen LogP contribution is -1.96. The second kappa shape index (κ2) is 9.02. The van der Waals surface area contributed by atoms with Crippen LogP contribution < -0.4 is 4.74 Å². The predicted octanol–water partition coefficient (Wildman–Crippen LogP) is 4.54. The van der Waals surface area contributed by atoms with Crippen LogP contribution in [0.1, 0.15) is 38.3 Å². The minimum atomic E-state index is 0.812. The lowest BCUT2D eigenvalue weighted by atomic mass is 10.1. The molecule has 0 heterocycles. The van der Waals surface area contributed by atoms with Crippen LogP contribution in [0, 0.1) is 6.92 Å². The third kappa shape index (κ3) is 6.28. The van der Waals surface area contributed by atoms with Gasteiger partial charge in [0.25, 0.3) is 0 Å². The van der Waals surface area contributed by atoms with E-state index in [1.54, 1.807) is 6.08 Å². The molecule has 0 amide bonds. The first-order valence-corrected chi connectivity index (χ1v) is 5.98. The van der Waals surface area contributed by atoms with Gasteiger partial charge in [-0.3, -0.25) is 0 Å². The van der Waals surface area contributed by atoms with Crippen LogP contribution in [-0.4, -0.2) is 6.61 Å². The lowest BCUT2D eigenvalue weighted by Gasteiger charge is -2.07. The van der Waals surface area contributed by atoms with Gasteiger partial charge in [0.1, 0.15) is 5.75 Å². The van der Waals surface area contributed by atoms with Crippen molar-refractivity contribution in [3.8, 4) is 5.75 Å². The Morgan fingerprint density at radius 1 is 1.25 bits per heavy atom. The molecule has 1 heteroatoms. The van der Waals surface area contributed by atoms with Crippen molar-refractivity contribution in [2.45, 2.75) is 40.5 Å². The van der Waals surface area contributed by atoms with Crippen LogP contribution in [0.5, 0.6) is 5.75 Å². The maximum atomic E-state index is 5.58. The Morgan fingerprint density at radius 2 is 1.88 bits per heavy atom. The molecular formula is C15H24O. The average molecular weight is 220 g/mol. The maximum absolute atomic E-state index is 5.58. The van der Waals surface area contributed by atoms with Gasteiger partial charge < -0.3 is 4.74 Å². The number of hydrogen-bond acceptors (Lipinski definition) is 1. The van der Waals surface area contributed by atoms with Gasteiger partial charge in [0.05, 0.1) is 6.61 Å². The van der Waals surface area contributed by atoms with Crippen molar-refractivity contribution in [3.63, 3.8) is 0 Å². The van der Waals surface area contributed by atoms with Gasteiger partial charge in [-0.05, 0) is 49.9 Å². The molecule has 0 N–H and O–H groups in total. The minimum absolute atomic E-state index is 0.812. The summed E-state index contributed by atoms with van der Waals surface area (Å²) >= 11 is 0. The van der Waals surface area contributed by atoms with Crippen LogP contribution in [0.25, 0.3) is 0 Å². The summed E-state index contributed by atoms with van der Waals surface area (Å²) in [7, 11) is 0. The third-order valence-corrected chi connectivity index (χ3v) is 1.99. The molecule has 0 radical (unpaired) electrons. The van der Waals surface area contributed by atoms with Gasteiger partial charge in [0.2, 0.25) is 0 Å². The van der Waals surface area contributed by atoms with E-state index in [0.717, 1.165) is 25.2 Å². The number of benzene rings is 1. The van der Waals surface area contributed by atoms with E-state index in [9.17, 15) is 0 Å². The standard InChI is InChI=1S/C12H18O.C3H6/c1-4-6-13-12-8-10(3)7-11(5-2)9-12;1-3-2/h7-9H,4-6H2,1-3H3;3H,1H2,2H3. The van der Waals surface area contributed by atoms with E-state index in [1.807, 2.05) is 6.92 Å². The first-order valence-electron chi connectivity index (χ1n) is 5.98. The van der Waals surface area contributed by atoms with Gasteiger partial charge in [0.15, 0.2) is 0 Å². The van der Waals surface area contributed by atoms with E-state index in [1.165, 1.54) is 11.1 Å². The van der Waals surface area contributed by atoms with Gasteiger partial charge >= 0.3 is 0 Å². The minimum Gasteiger partial charge on any atom is -0.494 e. The number of hydrogen-bond donors (Lipinski definition) is 0. The Kier molecular flexibility index (Phi) is 8.32. The Bertz CT molecular complexity index is 302. The van der Waals surface area contributed by atoms with Gasteiger partial charge in [-0.2, -0.15) is 0 Å². The van der Waals surface area contributed by atoms with Crippen molar-refractivity contribution < 1.29 is 4.74 Å². The highest BCUT2D eigenvalue weighted by molar-refractivity contribution is 5.33. The van der Waals surface area contributed by atoms with E-state index in [4.69, 9.17) is 4.74 Å². The average Bonchev–Trinajstić information content (AvgIpc) is 2.26. The first-order chi connectivity index (χ1) is 7.67. The summed E-state index contributed by atoms with van der Waals surface area (Å²) in [4.78, 5) is 0. The van der Waals surface area contributed by atoms with Crippen molar-refractivity contribution in [1.29, 1.82) is 0 Å². The largest absolute Gasteiger partial charge is 0.494 e. The SMILES string of the molecule is C=CC.CCCOc1cc(C)cc(CC)c1. The number of aryl methyl sites for hydroxylation is 2. The van der Waals surface area contributed by atoms with Crippen LogP contribution in [0.15, 0.2) is 30.9 Å². The third-order valence-electron chi connectivity index (χ3n) is 1.99. The highest BCUT2D eigenvalue weighted by Gasteiger charge is 1.97. The number of rotatable bonds is 4. The molecule has 0 aliphatic rings. The molecule has 0 aromatic heterocycles. The van der Waals surface area contributed by atoms with E-state index in [-0.39, 0.29) is 0 Å². The normalized spacial score (nSPS) is 9.00. The van der Waals surface area contributed by atoms with Crippen LogP contribution in [0.3, 0.4) is 0 Å². The van der Waals surface area contributed by atoms with Gasteiger partial charge in [0, 0.05) is 0 Å². The second-order valence-corrected chi connectivity index (χ2v) is 3.76. The second-order valence-electron chi connectivity index (χ2n) is 3.76. The summed E-state index contributed by atoms with van der Waals surface area (Å²) in [5, 5.41) is 0. The van der Waals surface area contributed by atoms with Gasteiger partial charge in [-0.1, -0.05) is 26.0 Å². The van der Waals surface area contributed by atoms with Crippen LogP contribution >= 0.6 is 0 Å². The molecule has 0 saturated carbocycles. The summed E-state index contributed by atoms with van der Waals surface area (Å²) in [5.74, 6) is 1.01. The highest BCUT2D eigenvalue weighted by Crippen LogP contribution is 2.17. The molecule has 1 aromatic carbocycles. The summed E-state index contributed by atoms with van der Waals surface area (Å²) in [6.07, 6.45) is 3.89. The quantitative estimate of drug-likeness (QED) is 0.677. The van der Waals surface area contributed by atoms with Crippen LogP contribution in [-0.2, 0) is 6.42 Å². The molecule has 0 spiro atoms. The molecule has 0 fully saturated rings. The molecule has 0 saturated heterocycles. The molecule has 16 heavy (non-hydrogen) atoms. The molecule has 0 aliphatic heterocycles. The number of allylic oxidation sites excluding steroid dienone is 1. The van der Waals surface area contributed by atoms with Crippen molar-refractivity contribution in [3.05, 3.63) is 42.0 Å². The lowest BCUT2D eigenvalue weighted by molar-refractivity contribution is 0.317. The fourth-order valence-electron chi connectivity index (χ4n) is 1.33. The predicted molar refractivity (Wildman–Crippen MR) is 72.2 cm³/mol. The Balaban J connectivity index is 0.000000673. The van der Waals surface area contributed by atoms with E-state index < -0.39 is 0 Å².